The standard InChI is InChI=1S/C57H80N2O15/c1-10-38-24-32(2)23-33(3)25-48(69-8)53-49(70-9)27-35(5)57(67,74-53)54(64)55(65)59-21-12-11-13-43(59)56(66)73-52(36(6)44(61)31-45(38)62)34(4)26-37-14-18-46(47(28-37)68-7)71-41-16-17-42-39(29-41)20-22-58(42)50-30-40(60)15-19-51(63)72-50/h16-17,20,22,24,26,29,33,35-38,43-44,46-50,52-53,61,67H,10-15,18-19,21,23,25,27-28,30-31H2,1-9H3/b32-24+,34-26?. The number of benzene rings is 1. The molecule has 1 aliphatic carbocycles. The number of ether oxygens (including phenoxy) is 7. The fourth-order valence-corrected chi connectivity index (χ4v) is 12.1. The number of amides is 1. The summed E-state index contributed by atoms with van der Waals surface area (Å²) in [5, 5.41) is 25.0. The van der Waals surface area contributed by atoms with Crippen molar-refractivity contribution in [2.45, 2.75) is 192 Å². The van der Waals surface area contributed by atoms with Crippen molar-refractivity contribution in [3.8, 4) is 5.75 Å². The minimum absolute atomic E-state index is 0.00995. The molecule has 7 rings (SSSR count). The van der Waals surface area contributed by atoms with Gasteiger partial charge in [-0.15, -0.1) is 0 Å². The van der Waals surface area contributed by atoms with Gasteiger partial charge in [0.1, 0.15) is 41.7 Å². The zero-order valence-electron chi connectivity index (χ0n) is 44.8. The lowest BCUT2D eigenvalue weighted by Gasteiger charge is -2.47. The van der Waals surface area contributed by atoms with Crippen LogP contribution in [0.4, 0.5) is 0 Å². The normalized spacial score (nSPS) is 36.7. The highest BCUT2D eigenvalue weighted by Gasteiger charge is 2.56. The van der Waals surface area contributed by atoms with Crippen LogP contribution < -0.4 is 4.74 Å². The van der Waals surface area contributed by atoms with Crippen LogP contribution in [0.5, 0.6) is 5.75 Å². The van der Waals surface area contributed by atoms with Gasteiger partial charge in [0.15, 0.2) is 6.23 Å². The van der Waals surface area contributed by atoms with Crippen LogP contribution >= 0.6 is 0 Å². The number of cyclic esters (lactones) is 2. The summed E-state index contributed by atoms with van der Waals surface area (Å²) in [7, 11) is 4.70. The molecule has 0 radical (unpaired) electrons. The molecule has 17 nitrogen and oxygen atoms in total. The highest BCUT2D eigenvalue weighted by molar-refractivity contribution is 6.39. The van der Waals surface area contributed by atoms with Crippen molar-refractivity contribution in [2.75, 3.05) is 27.9 Å². The maximum Gasteiger partial charge on any atom is 0.329 e. The Morgan fingerprint density at radius 2 is 1.58 bits per heavy atom. The summed E-state index contributed by atoms with van der Waals surface area (Å²) in [5.41, 5.74) is 2.43. The zero-order valence-corrected chi connectivity index (χ0v) is 44.8. The molecule has 74 heavy (non-hydrogen) atoms. The molecule has 2 bridgehead atoms. The zero-order chi connectivity index (χ0) is 53.6. The van der Waals surface area contributed by atoms with Crippen LogP contribution in [0.3, 0.4) is 0 Å². The second-order valence-corrected chi connectivity index (χ2v) is 21.9. The summed E-state index contributed by atoms with van der Waals surface area (Å²) in [6.07, 6.45) is 5.23. The van der Waals surface area contributed by atoms with Gasteiger partial charge in [-0.2, -0.15) is 0 Å². The van der Waals surface area contributed by atoms with Gasteiger partial charge < -0.3 is 52.8 Å². The lowest BCUT2D eigenvalue weighted by Crippen LogP contribution is -2.64. The number of aliphatic hydroxyl groups excluding tert-OH is 1. The molecule has 1 amide bonds. The highest BCUT2D eigenvalue weighted by Crippen LogP contribution is 2.40. The average Bonchev–Trinajstić information content (AvgIpc) is 3.73. The van der Waals surface area contributed by atoms with Gasteiger partial charge in [-0.3, -0.25) is 24.0 Å². The van der Waals surface area contributed by atoms with E-state index in [2.05, 4.69) is 0 Å². The maximum absolute atomic E-state index is 14.6. The van der Waals surface area contributed by atoms with E-state index in [1.807, 2.05) is 70.3 Å². The van der Waals surface area contributed by atoms with Crippen LogP contribution in [0, 0.1) is 29.6 Å². The van der Waals surface area contributed by atoms with Crippen molar-refractivity contribution in [3.63, 3.8) is 0 Å². The van der Waals surface area contributed by atoms with E-state index in [0.29, 0.717) is 62.7 Å². The molecule has 408 valence electrons. The number of hydrogen-bond acceptors (Lipinski definition) is 15. The van der Waals surface area contributed by atoms with Gasteiger partial charge in [0, 0.05) is 70.1 Å². The van der Waals surface area contributed by atoms with Crippen LogP contribution in [-0.2, 0) is 57.2 Å². The second kappa shape index (κ2) is 24.9. The molecule has 5 aliphatic rings. The fourth-order valence-electron chi connectivity index (χ4n) is 12.1. The fraction of sp³-hybridized carbons (Fsp3) is 0.684. The van der Waals surface area contributed by atoms with Crippen molar-refractivity contribution in [1.82, 2.24) is 9.47 Å². The lowest BCUT2D eigenvalue weighted by atomic mass is 9.81. The maximum atomic E-state index is 14.6. The summed E-state index contributed by atoms with van der Waals surface area (Å²) in [4.78, 5) is 83.4. The molecule has 2 N–H and O–H groups in total. The van der Waals surface area contributed by atoms with Crippen LogP contribution in [-0.4, -0.2) is 137 Å². The Morgan fingerprint density at radius 1 is 0.851 bits per heavy atom. The molecule has 2 aromatic rings. The molecule has 15 unspecified atom stereocenters. The van der Waals surface area contributed by atoms with E-state index in [0.717, 1.165) is 16.5 Å². The van der Waals surface area contributed by atoms with Crippen molar-refractivity contribution in [3.05, 3.63) is 53.8 Å². The molecule has 1 saturated carbocycles. The number of aliphatic hydroxyl groups is 2. The minimum Gasteiger partial charge on any atom is -0.488 e. The van der Waals surface area contributed by atoms with Crippen LogP contribution in [0.1, 0.15) is 138 Å². The first kappa shape index (κ1) is 56.9. The van der Waals surface area contributed by atoms with Gasteiger partial charge in [-0.1, -0.05) is 45.4 Å². The number of ketones is 3. The largest absolute Gasteiger partial charge is 0.488 e. The first-order valence-corrected chi connectivity index (χ1v) is 26.9. The average molecular weight is 1030 g/mol. The molecule has 5 heterocycles. The molecule has 4 aliphatic heterocycles. The number of hydrogen-bond donors (Lipinski definition) is 2. The third-order valence-corrected chi connectivity index (χ3v) is 16.4. The number of nitrogens with zero attached hydrogens (tertiary/aromatic N) is 2. The predicted octanol–water partition coefficient (Wildman–Crippen LogP) is 7.31. The summed E-state index contributed by atoms with van der Waals surface area (Å²) in [6, 6.07) is 6.37. The summed E-state index contributed by atoms with van der Waals surface area (Å²) in [6.45, 7) is 11.2. The molecular formula is C57H80N2O15. The van der Waals surface area contributed by atoms with Gasteiger partial charge in [-0.25, -0.2) is 4.79 Å². The quantitative estimate of drug-likeness (QED) is 0.143. The molecule has 0 spiro atoms. The van der Waals surface area contributed by atoms with E-state index in [-0.39, 0.29) is 80.7 Å². The van der Waals surface area contributed by atoms with E-state index >= 15 is 0 Å². The van der Waals surface area contributed by atoms with Gasteiger partial charge in [0.2, 0.25) is 5.79 Å². The van der Waals surface area contributed by atoms with Crippen molar-refractivity contribution in [1.29, 1.82) is 0 Å². The topological polar surface area (TPSA) is 216 Å². The first-order chi connectivity index (χ1) is 35.3. The van der Waals surface area contributed by atoms with Gasteiger partial charge in [-0.05, 0) is 120 Å². The van der Waals surface area contributed by atoms with Crippen LogP contribution in [0.15, 0.2) is 53.8 Å². The Morgan fingerprint density at radius 3 is 2.30 bits per heavy atom. The van der Waals surface area contributed by atoms with Crippen LogP contribution in [0.25, 0.3) is 10.9 Å². The smallest absolute Gasteiger partial charge is 0.329 e. The number of carbonyl (C=O) groups is 6. The summed E-state index contributed by atoms with van der Waals surface area (Å²) in [5.74, 6) is -7.60. The molecule has 17 heteroatoms. The number of fused-ring (bicyclic) bond motifs is 4. The van der Waals surface area contributed by atoms with Gasteiger partial charge >= 0.3 is 11.9 Å². The van der Waals surface area contributed by atoms with Crippen molar-refractivity contribution < 1.29 is 72.1 Å². The number of rotatable bonds is 9. The van der Waals surface area contributed by atoms with Crippen molar-refractivity contribution >= 4 is 46.1 Å². The first-order valence-electron chi connectivity index (χ1n) is 26.9. The van der Waals surface area contributed by atoms with E-state index in [1.165, 1.54) is 19.1 Å². The lowest BCUT2D eigenvalue weighted by molar-refractivity contribution is -0.302. The minimum atomic E-state index is -2.53. The molecule has 4 fully saturated rings. The number of carbonyl (C=O) groups excluding carboxylic acids is 6. The number of esters is 2. The second-order valence-electron chi connectivity index (χ2n) is 21.9. The number of piperidine rings is 1. The summed E-state index contributed by atoms with van der Waals surface area (Å²) < 4.78 is 44.5. The molecule has 3 saturated heterocycles. The Hall–Kier alpha value is -4.78. The SMILES string of the molecule is CCC1/C=C(\C)CC(C)CC(OC)C2OC(O)(C(=O)C(=O)N3CCCCC3C(=O)OC(C(C)=CC3CCC(Oc4ccc5c(ccn5C5CC(=O)CCC(=O)O5)c4)C(OC)C3)C(C)C(O)CC1=O)C(C)CC2OC. The van der Waals surface area contributed by atoms with Crippen molar-refractivity contribution in [2.24, 2.45) is 29.6 Å². The Labute approximate surface area is 435 Å². The van der Waals surface area contributed by atoms with Gasteiger partial charge in [0.05, 0.1) is 42.8 Å². The third kappa shape index (κ3) is 12.9. The Kier molecular flexibility index (Phi) is 19.2. The van der Waals surface area contributed by atoms with E-state index in [1.54, 1.807) is 25.5 Å². The number of methoxy groups -OCH3 is 3. The molecule has 1 aromatic heterocycles. The van der Waals surface area contributed by atoms with Crippen LogP contribution in [0.2, 0.25) is 0 Å². The molecular weight excluding hydrogens is 953 g/mol. The van der Waals surface area contributed by atoms with E-state index in [4.69, 9.17) is 33.2 Å². The molecule has 1 aromatic carbocycles. The Balaban J connectivity index is 1.14. The van der Waals surface area contributed by atoms with E-state index < -0.39 is 90.0 Å². The van der Waals surface area contributed by atoms with Gasteiger partial charge in [0.25, 0.3) is 11.7 Å². The van der Waals surface area contributed by atoms with E-state index in [9.17, 15) is 39.0 Å². The highest BCUT2D eigenvalue weighted by atomic mass is 16.7. The monoisotopic (exact) mass is 1030 g/mol. The Bertz CT molecular complexity index is 2390. The number of Topliss-reactive ketones (excluding diaryl/α,β-unsaturated/α-hetero) is 3. The summed E-state index contributed by atoms with van der Waals surface area (Å²) >= 11 is 0. The number of allylic oxidation sites excluding steroid dienone is 3. The predicted molar refractivity (Wildman–Crippen MR) is 272 cm³/mol. The third-order valence-electron chi connectivity index (χ3n) is 16.4. The number of aromatic nitrogens is 1. The molecule has 15 atom stereocenters.